The smallest absolute Gasteiger partial charge is 0.222 e. The third-order valence-corrected chi connectivity index (χ3v) is 4.82. The Labute approximate surface area is 139 Å². The number of amides is 1. The van der Waals surface area contributed by atoms with Crippen molar-refractivity contribution in [2.75, 3.05) is 13.1 Å². The third-order valence-electron chi connectivity index (χ3n) is 4.82. The zero-order valence-corrected chi connectivity index (χ0v) is 16.0. The molecule has 1 fully saturated rings. The number of rotatable bonds is 6. The van der Waals surface area contributed by atoms with Gasteiger partial charge in [0, 0.05) is 19.5 Å². The summed E-state index contributed by atoms with van der Waals surface area (Å²) < 4.78 is 0. The standard InChI is InChI=1S/C20H39NO/c1-19(2,3)13-7-9-17-11-15-21(16-12-17)18(22)10-8-14-20(4,5)6/h17H,7-16H2,1-6H3. The quantitative estimate of drug-likeness (QED) is 0.620. The summed E-state index contributed by atoms with van der Waals surface area (Å²) in [5.74, 6) is 1.23. The second-order valence-electron chi connectivity index (χ2n) is 9.69. The van der Waals surface area contributed by atoms with Crippen LogP contribution in [0.5, 0.6) is 0 Å². The molecule has 1 amide bonds. The summed E-state index contributed by atoms with van der Waals surface area (Å²) in [5.41, 5.74) is 0.810. The van der Waals surface area contributed by atoms with E-state index in [9.17, 15) is 4.79 Å². The molecule has 1 saturated heterocycles. The van der Waals surface area contributed by atoms with E-state index in [0.717, 1.165) is 38.3 Å². The van der Waals surface area contributed by atoms with Gasteiger partial charge in [-0.3, -0.25) is 4.79 Å². The molecule has 0 N–H and O–H groups in total. The van der Waals surface area contributed by atoms with E-state index in [0.29, 0.717) is 16.7 Å². The Morgan fingerprint density at radius 1 is 0.909 bits per heavy atom. The molecule has 1 heterocycles. The molecule has 22 heavy (non-hydrogen) atoms. The molecule has 1 rings (SSSR count). The molecule has 2 nitrogen and oxygen atoms in total. The van der Waals surface area contributed by atoms with Crippen LogP contribution in [0.2, 0.25) is 0 Å². The minimum absolute atomic E-state index is 0.348. The van der Waals surface area contributed by atoms with Crippen LogP contribution in [0, 0.1) is 16.7 Å². The first-order valence-corrected chi connectivity index (χ1v) is 9.35. The SMILES string of the molecule is CC(C)(C)CCCC(=O)N1CCC(CCCC(C)(C)C)CC1. The molecule has 130 valence electrons. The predicted octanol–water partition coefficient (Wildman–Crippen LogP) is 5.66. The van der Waals surface area contributed by atoms with E-state index in [2.05, 4.69) is 46.4 Å². The second-order valence-corrected chi connectivity index (χ2v) is 9.69. The Bertz CT molecular complexity index is 327. The van der Waals surface area contributed by atoms with E-state index >= 15 is 0 Å². The molecule has 0 bridgehead atoms. The molecule has 1 aliphatic rings. The summed E-state index contributed by atoms with van der Waals surface area (Å²) in [6.07, 6.45) is 9.36. The molecule has 2 heteroatoms. The highest BCUT2D eigenvalue weighted by atomic mass is 16.2. The van der Waals surface area contributed by atoms with Crippen molar-refractivity contribution in [3.63, 3.8) is 0 Å². The highest BCUT2D eigenvalue weighted by Gasteiger charge is 2.23. The van der Waals surface area contributed by atoms with E-state index in [-0.39, 0.29) is 0 Å². The Morgan fingerprint density at radius 3 is 1.91 bits per heavy atom. The number of hydrogen-bond acceptors (Lipinski definition) is 1. The van der Waals surface area contributed by atoms with Crippen molar-refractivity contribution in [2.24, 2.45) is 16.7 Å². The molecule has 1 aliphatic heterocycles. The topological polar surface area (TPSA) is 20.3 Å². The number of piperidine rings is 1. The monoisotopic (exact) mass is 309 g/mol. The maximum Gasteiger partial charge on any atom is 0.222 e. The molecular weight excluding hydrogens is 270 g/mol. The Morgan fingerprint density at radius 2 is 1.41 bits per heavy atom. The van der Waals surface area contributed by atoms with Crippen LogP contribution >= 0.6 is 0 Å². The van der Waals surface area contributed by atoms with Crippen molar-refractivity contribution in [3.8, 4) is 0 Å². The van der Waals surface area contributed by atoms with Gasteiger partial charge in [-0.15, -0.1) is 0 Å². The highest BCUT2D eigenvalue weighted by Crippen LogP contribution is 2.28. The normalized spacial score (nSPS) is 17.8. The molecule has 0 spiro atoms. The first-order valence-electron chi connectivity index (χ1n) is 9.35. The zero-order valence-electron chi connectivity index (χ0n) is 16.0. The lowest BCUT2D eigenvalue weighted by atomic mass is 9.85. The predicted molar refractivity (Wildman–Crippen MR) is 95.9 cm³/mol. The summed E-state index contributed by atoms with van der Waals surface area (Å²) in [4.78, 5) is 14.4. The molecule has 0 aromatic heterocycles. The fourth-order valence-electron chi connectivity index (χ4n) is 3.32. The van der Waals surface area contributed by atoms with E-state index in [1.807, 2.05) is 0 Å². The summed E-state index contributed by atoms with van der Waals surface area (Å²) in [7, 11) is 0. The lowest BCUT2D eigenvalue weighted by Crippen LogP contribution is -2.38. The Hall–Kier alpha value is -0.530. The minimum atomic E-state index is 0.348. The van der Waals surface area contributed by atoms with Crippen molar-refractivity contribution in [3.05, 3.63) is 0 Å². The molecule has 0 unspecified atom stereocenters. The number of likely N-dealkylation sites (tertiary alicyclic amines) is 1. The number of hydrogen-bond donors (Lipinski definition) is 0. The van der Waals surface area contributed by atoms with Gasteiger partial charge in [-0.1, -0.05) is 54.4 Å². The summed E-state index contributed by atoms with van der Waals surface area (Å²) in [5, 5.41) is 0. The summed E-state index contributed by atoms with van der Waals surface area (Å²) in [6.45, 7) is 15.7. The number of nitrogens with zero attached hydrogens (tertiary/aromatic N) is 1. The maximum absolute atomic E-state index is 12.3. The van der Waals surface area contributed by atoms with Crippen LogP contribution in [-0.2, 0) is 4.79 Å². The van der Waals surface area contributed by atoms with Crippen LogP contribution in [-0.4, -0.2) is 23.9 Å². The van der Waals surface area contributed by atoms with E-state index < -0.39 is 0 Å². The average Bonchev–Trinajstić information content (AvgIpc) is 2.36. The van der Waals surface area contributed by atoms with Crippen LogP contribution in [0.15, 0.2) is 0 Å². The molecule has 0 saturated carbocycles. The van der Waals surface area contributed by atoms with Gasteiger partial charge in [0.25, 0.3) is 0 Å². The lowest BCUT2D eigenvalue weighted by molar-refractivity contribution is -0.132. The van der Waals surface area contributed by atoms with E-state index in [1.165, 1.54) is 32.1 Å². The van der Waals surface area contributed by atoms with Crippen molar-refractivity contribution >= 4 is 5.91 Å². The van der Waals surface area contributed by atoms with Crippen molar-refractivity contribution in [1.29, 1.82) is 0 Å². The Balaban J connectivity index is 2.17. The lowest BCUT2D eigenvalue weighted by Gasteiger charge is -2.33. The van der Waals surface area contributed by atoms with Gasteiger partial charge >= 0.3 is 0 Å². The molecule has 0 aliphatic carbocycles. The van der Waals surface area contributed by atoms with Gasteiger partial charge in [-0.05, 0) is 48.9 Å². The van der Waals surface area contributed by atoms with E-state index in [1.54, 1.807) is 0 Å². The number of carbonyl (C=O) groups is 1. The van der Waals surface area contributed by atoms with Crippen molar-refractivity contribution in [2.45, 2.75) is 92.9 Å². The van der Waals surface area contributed by atoms with Gasteiger partial charge < -0.3 is 4.90 Å². The molecule has 0 radical (unpaired) electrons. The average molecular weight is 310 g/mol. The van der Waals surface area contributed by atoms with Gasteiger partial charge in [0.2, 0.25) is 5.91 Å². The van der Waals surface area contributed by atoms with Crippen molar-refractivity contribution in [1.82, 2.24) is 4.90 Å². The van der Waals surface area contributed by atoms with Crippen LogP contribution in [0.3, 0.4) is 0 Å². The summed E-state index contributed by atoms with van der Waals surface area (Å²) in [6, 6.07) is 0. The number of carbonyl (C=O) groups excluding carboxylic acids is 1. The van der Waals surface area contributed by atoms with Crippen LogP contribution in [0.25, 0.3) is 0 Å². The molecule has 0 atom stereocenters. The Kier molecular flexibility index (Phi) is 7.41. The zero-order chi connectivity index (χ0) is 16.8. The fourth-order valence-corrected chi connectivity index (χ4v) is 3.32. The largest absolute Gasteiger partial charge is 0.343 e. The fraction of sp³-hybridized carbons (Fsp3) is 0.950. The van der Waals surface area contributed by atoms with Gasteiger partial charge in [-0.25, -0.2) is 0 Å². The van der Waals surface area contributed by atoms with Crippen molar-refractivity contribution < 1.29 is 4.79 Å². The van der Waals surface area contributed by atoms with Gasteiger partial charge in [0.15, 0.2) is 0 Å². The van der Waals surface area contributed by atoms with Crippen LogP contribution in [0.1, 0.15) is 92.9 Å². The maximum atomic E-state index is 12.3. The highest BCUT2D eigenvalue weighted by molar-refractivity contribution is 5.76. The molecular formula is C20H39NO. The first-order chi connectivity index (χ1) is 10.1. The van der Waals surface area contributed by atoms with Gasteiger partial charge in [0.1, 0.15) is 0 Å². The second kappa shape index (κ2) is 8.36. The molecule has 0 aromatic rings. The van der Waals surface area contributed by atoms with Crippen LogP contribution in [0.4, 0.5) is 0 Å². The van der Waals surface area contributed by atoms with E-state index in [4.69, 9.17) is 0 Å². The molecule has 0 aromatic carbocycles. The van der Waals surface area contributed by atoms with Gasteiger partial charge in [0.05, 0.1) is 0 Å². The van der Waals surface area contributed by atoms with Gasteiger partial charge in [-0.2, -0.15) is 0 Å². The first kappa shape index (κ1) is 19.5. The third kappa shape index (κ3) is 8.80. The summed E-state index contributed by atoms with van der Waals surface area (Å²) >= 11 is 0. The minimum Gasteiger partial charge on any atom is -0.343 e. The van der Waals surface area contributed by atoms with Crippen LogP contribution < -0.4 is 0 Å².